The number of hydrogen-bond acceptors (Lipinski definition) is 2. The molecule has 132 valence electrons. The first-order valence-corrected chi connectivity index (χ1v) is 8.80. The van der Waals surface area contributed by atoms with E-state index in [2.05, 4.69) is 4.98 Å². The summed E-state index contributed by atoms with van der Waals surface area (Å²) in [4.78, 5) is 16.6. The highest BCUT2D eigenvalue weighted by molar-refractivity contribution is 5.81. The van der Waals surface area contributed by atoms with Crippen LogP contribution in [0, 0.1) is 12.7 Å². The Morgan fingerprint density at radius 3 is 2.50 bits per heavy atom. The molecule has 26 heavy (non-hydrogen) atoms. The Hall–Kier alpha value is -2.81. The number of carbonyl (C=O) groups is 1. The van der Waals surface area contributed by atoms with Gasteiger partial charge in [-0.05, 0) is 59.4 Å². The number of benzene rings is 2. The molecule has 0 spiro atoms. The Labute approximate surface area is 153 Å². The summed E-state index contributed by atoms with van der Waals surface area (Å²) >= 11 is 0. The van der Waals surface area contributed by atoms with Crippen LogP contribution in [0.15, 0.2) is 66.9 Å². The van der Waals surface area contributed by atoms with Gasteiger partial charge in [-0.3, -0.25) is 9.78 Å². The number of ketones is 1. The van der Waals surface area contributed by atoms with Gasteiger partial charge in [-0.2, -0.15) is 0 Å². The Balaban J connectivity index is 1.62. The van der Waals surface area contributed by atoms with Gasteiger partial charge in [0.05, 0.1) is 0 Å². The van der Waals surface area contributed by atoms with Gasteiger partial charge in [-0.25, -0.2) is 4.39 Å². The summed E-state index contributed by atoms with van der Waals surface area (Å²) in [5.74, 6) is -0.0877. The summed E-state index contributed by atoms with van der Waals surface area (Å²) in [7, 11) is 0. The zero-order valence-electron chi connectivity index (χ0n) is 15.1. The van der Waals surface area contributed by atoms with Crippen molar-refractivity contribution >= 4 is 5.78 Å². The van der Waals surface area contributed by atoms with Gasteiger partial charge in [0.2, 0.25) is 0 Å². The van der Waals surface area contributed by atoms with Gasteiger partial charge >= 0.3 is 0 Å². The number of nitrogens with zero attached hydrogens (tertiary/aromatic N) is 1. The molecule has 0 bridgehead atoms. The molecule has 2 nitrogen and oxygen atoms in total. The number of hydrogen-bond donors (Lipinski definition) is 0. The average Bonchev–Trinajstić information content (AvgIpc) is 2.62. The maximum absolute atomic E-state index is 13.3. The molecule has 3 rings (SSSR count). The van der Waals surface area contributed by atoms with Gasteiger partial charge < -0.3 is 0 Å². The Morgan fingerprint density at radius 1 is 1.04 bits per heavy atom. The molecular weight excluding hydrogens is 325 g/mol. The summed E-state index contributed by atoms with van der Waals surface area (Å²) < 4.78 is 13.3. The van der Waals surface area contributed by atoms with E-state index in [1.165, 1.54) is 12.1 Å². The van der Waals surface area contributed by atoms with Crippen LogP contribution in [0.1, 0.15) is 36.1 Å². The summed E-state index contributed by atoms with van der Waals surface area (Å²) in [6, 6.07) is 18.6. The third-order valence-corrected chi connectivity index (χ3v) is 4.54. The summed E-state index contributed by atoms with van der Waals surface area (Å²) in [6.07, 6.45) is 2.61. The van der Waals surface area contributed by atoms with Crippen LogP contribution in [0.2, 0.25) is 0 Å². The minimum absolute atomic E-state index is 0.0114. The molecule has 0 aliphatic heterocycles. The summed E-state index contributed by atoms with van der Waals surface area (Å²) in [5, 5.41) is 0. The largest absolute Gasteiger partial charge is 0.299 e. The number of carbonyl (C=O) groups excluding carboxylic acids is 1. The van der Waals surface area contributed by atoms with Crippen LogP contribution in [0.3, 0.4) is 0 Å². The van der Waals surface area contributed by atoms with Gasteiger partial charge in [-0.1, -0.05) is 43.3 Å². The molecular formula is C23H22FNO. The normalized spacial score (nSPS) is 12.0. The van der Waals surface area contributed by atoms with Crippen molar-refractivity contribution in [2.24, 2.45) is 0 Å². The molecule has 1 aromatic heterocycles. The maximum atomic E-state index is 13.3. The molecule has 1 heterocycles. The molecule has 0 fully saturated rings. The van der Waals surface area contributed by atoms with Crippen molar-refractivity contribution in [3.8, 4) is 11.1 Å². The molecule has 0 amide bonds. The van der Waals surface area contributed by atoms with Gasteiger partial charge in [0.15, 0.2) is 0 Å². The highest BCUT2D eigenvalue weighted by Gasteiger charge is 2.12. The van der Waals surface area contributed by atoms with Crippen LogP contribution in [-0.2, 0) is 11.2 Å². The quantitative estimate of drug-likeness (QED) is 0.589. The van der Waals surface area contributed by atoms with Crippen molar-refractivity contribution < 1.29 is 9.18 Å². The number of rotatable bonds is 6. The fourth-order valence-electron chi connectivity index (χ4n) is 3.11. The molecule has 2 aromatic carbocycles. The predicted octanol–water partition coefficient (Wildman–Crippen LogP) is 5.50. The molecule has 3 heteroatoms. The number of halogens is 1. The highest BCUT2D eigenvalue weighted by atomic mass is 19.1. The van der Waals surface area contributed by atoms with Gasteiger partial charge in [-0.15, -0.1) is 0 Å². The lowest BCUT2D eigenvalue weighted by Crippen LogP contribution is -2.07. The first-order valence-electron chi connectivity index (χ1n) is 8.80. The van der Waals surface area contributed by atoms with E-state index in [-0.39, 0.29) is 17.5 Å². The minimum Gasteiger partial charge on any atom is -0.299 e. The van der Waals surface area contributed by atoms with Crippen molar-refractivity contribution in [3.63, 3.8) is 0 Å². The van der Waals surface area contributed by atoms with E-state index in [0.717, 1.165) is 27.9 Å². The molecule has 3 aromatic rings. The van der Waals surface area contributed by atoms with Crippen LogP contribution in [0.4, 0.5) is 4.39 Å². The van der Waals surface area contributed by atoms with E-state index < -0.39 is 0 Å². The average molecular weight is 347 g/mol. The van der Waals surface area contributed by atoms with Gasteiger partial charge in [0, 0.05) is 24.7 Å². The zero-order chi connectivity index (χ0) is 18.5. The lowest BCUT2D eigenvalue weighted by molar-refractivity contribution is -0.118. The minimum atomic E-state index is -0.260. The number of aryl methyl sites for hydroxylation is 1. The molecule has 1 atom stereocenters. The van der Waals surface area contributed by atoms with Crippen molar-refractivity contribution in [3.05, 3.63) is 89.5 Å². The number of aromatic nitrogens is 1. The first kappa shape index (κ1) is 18.0. The Bertz CT molecular complexity index is 902. The van der Waals surface area contributed by atoms with Crippen molar-refractivity contribution in [1.29, 1.82) is 0 Å². The lowest BCUT2D eigenvalue weighted by atomic mass is 9.93. The molecule has 0 N–H and O–H groups in total. The summed E-state index contributed by atoms with van der Waals surface area (Å²) in [5.41, 5.74) is 5.07. The third-order valence-electron chi connectivity index (χ3n) is 4.54. The van der Waals surface area contributed by atoms with E-state index in [1.807, 2.05) is 56.3 Å². The van der Waals surface area contributed by atoms with E-state index in [1.54, 1.807) is 12.3 Å². The first-order chi connectivity index (χ1) is 12.5. The number of Topliss-reactive ketones (excluding diaryl/α,β-unsaturated/α-hetero) is 1. The maximum Gasteiger partial charge on any atom is 0.137 e. The van der Waals surface area contributed by atoms with Gasteiger partial charge in [0.25, 0.3) is 0 Å². The second-order valence-corrected chi connectivity index (χ2v) is 6.76. The predicted molar refractivity (Wildman–Crippen MR) is 103 cm³/mol. The van der Waals surface area contributed by atoms with Crippen LogP contribution < -0.4 is 0 Å². The van der Waals surface area contributed by atoms with Crippen LogP contribution >= 0.6 is 0 Å². The molecule has 1 unspecified atom stereocenters. The van der Waals surface area contributed by atoms with Crippen molar-refractivity contribution in [2.75, 3.05) is 0 Å². The van der Waals surface area contributed by atoms with Crippen molar-refractivity contribution in [2.45, 2.75) is 32.6 Å². The van der Waals surface area contributed by atoms with E-state index in [9.17, 15) is 9.18 Å². The molecule has 0 aliphatic rings. The van der Waals surface area contributed by atoms with E-state index in [0.29, 0.717) is 12.8 Å². The van der Waals surface area contributed by atoms with Crippen LogP contribution in [0.5, 0.6) is 0 Å². The smallest absolute Gasteiger partial charge is 0.137 e. The topological polar surface area (TPSA) is 30.0 Å². The molecule has 0 saturated heterocycles. The SMILES string of the molecule is Cc1cc(-c2ccc(CC(=O)CC(C)c3cccc(F)c3)cc2)ccn1. The Morgan fingerprint density at radius 2 is 1.81 bits per heavy atom. The fraction of sp³-hybridized carbons (Fsp3) is 0.217. The number of pyridine rings is 1. The lowest BCUT2D eigenvalue weighted by Gasteiger charge is -2.11. The zero-order valence-corrected chi connectivity index (χ0v) is 15.1. The van der Waals surface area contributed by atoms with Crippen molar-refractivity contribution in [1.82, 2.24) is 4.98 Å². The molecule has 0 radical (unpaired) electrons. The highest BCUT2D eigenvalue weighted by Crippen LogP contribution is 2.23. The van der Waals surface area contributed by atoms with Gasteiger partial charge in [0.1, 0.15) is 11.6 Å². The van der Waals surface area contributed by atoms with Crippen LogP contribution in [0.25, 0.3) is 11.1 Å². The molecule has 0 aliphatic carbocycles. The second kappa shape index (κ2) is 8.05. The Kier molecular flexibility index (Phi) is 5.57. The fourth-order valence-corrected chi connectivity index (χ4v) is 3.11. The second-order valence-electron chi connectivity index (χ2n) is 6.76. The standard InChI is InChI=1S/C23H22FNO/c1-16(20-4-3-5-22(24)15-20)12-23(26)14-18-6-8-19(9-7-18)21-10-11-25-17(2)13-21/h3-11,13,15-16H,12,14H2,1-2H3. The third kappa shape index (κ3) is 4.63. The van der Waals surface area contributed by atoms with E-state index >= 15 is 0 Å². The molecule has 0 saturated carbocycles. The monoisotopic (exact) mass is 347 g/mol. The van der Waals surface area contributed by atoms with E-state index in [4.69, 9.17) is 0 Å². The summed E-state index contributed by atoms with van der Waals surface area (Å²) in [6.45, 7) is 3.93. The van der Waals surface area contributed by atoms with Crippen LogP contribution in [-0.4, -0.2) is 10.8 Å².